The van der Waals surface area contributed by atoms with Crippen LogP contribution in [-0.2, 0) is 0 Å². The number of nitrogens with one attached hydrogen (secondary N) is 1. The van der Waals surface area contributed by atoms with E-state index in [0.29, 0.717) is 55.2 Å². The molecule has 1 aromatic heterocycles. The number of rotatable bonds is 4. The largest absolute Gasteiger partial charge is 0.486 e. The number of benzene rings is 2. The molecule has 0 bridgehead atoms. The summed E-state index contributed by atoms with van der Waals surface area (Å²) >= 11 is 0. The Bertz CT molecular complexity index is 1120. The van der Waals surface area contributed by atoms with Crippen LogP contribution in [0.15, 0.2) is 47.0 Å². The van der Waals surface area contributed by atoms with Crippen molar-refractivity contribution < 1.29 is 18.8 Å². The zero-order chi connectivity index (χ0) is 22.8. The minimum Gasteiger partial charge on any atom is -0.486 e. The zero-order valence-corrected chi connectivity index (χ0v) is 18.8. The third-order valence-electron chi connectivity index (χ3n) is 5.79. The first kappa shape index (κ1) is 21.1. The van der Waals surface area contributed by atoms with Crippen molar-refractivity contribution in [2.75, 3.05) is 49.6 Å². The topological polar surface area (TPSA) is 93.0 Å². The van der Waals surface area contributed by atoms with E-state index in [1.807, 2.05) is 43.0 Å². The highest BCUT2D eigenvalue weighted by Crippen LogP contribution is 2.32. The van der Waals surface area contributed by atoms with E-state index >= 15 is 0 Å². The third-order valence-corrected chi connectivity index (χ3v) is 5.79. The molecule has 1 N–H and O–H groups in total. The number of nitrogens with zero attached hydrogens (tertiary/aromatic N) is 4. The van der Waals surface area contributed by atoms with Crippen molar-refractivity contribution in [2.45, 2.75) is 19.8 Å². The van der Waals surface area contributed by atoms with Gasteiger partial charge in [0.05, 0.1) is 0 Å². The number of amides is 2. The SMILES string of the molecule is CC(C)c1nc(-c2ccc(N3CCN(C(=O)Nc4ccc5c(c4)OCCO5)CC3)cc2)no1. The molecule has 2 aliphatic heterocycles. The van der Waals surface area contributed by atoms with Gasteiger partial charge in [-0.1, -0.05) is 19.0 Å². The molecule has 0 unspecified atom stereocenters. The summed E-state index contributed by atoms with van der Waals surface area (Å²) in [6.45, 7) is 7.90. The summed E-state index contributed by atoms with van der Waals surface area (Å²) < 4.78 is 16.4. The quantitative estimate of drug-likeness (QED) is 0.644. The summed E-state index contributed by atoms with van der Waals surface area (Å²) in [5.74, 6) is 2.81. The van der Waals surface area contributed by atoms with Crippen LogP contribution in [0.3, 0.4) is 0 Å². The van der Waals surface area contributed by atoms with E-state index in [2.05, 4.69) is 32.5 Å². The second-order valence-corrected chi connectivity index (χ2v) is 8.42. The fourth-order valence-electron chi connectivity index (χ4n) is 3.90. The molecule has 1 saturated heterocycles. The van der Waals surface area contributed by atoms with Crippen LogP contribution in [0.2, 0.25) is 0 Å². The Hall–Kier alpha value is -3.75. The summed E-state index contributed by atoms with van der Waals surface area (Å²) in [5.41, 5.74) is 2.73. The number of fused-ring (bicyclic) bond motifs is 1. The van der Waals surface area contributed by atoms with Crippen LogP contribution in [-0.4, -0.2) is 60.5 Å². The normalized spacial score (nSPS) is 15.6. The lowest BCUT2D eigenvalue weighted by Gasteiger charge is -2.36. The first-order valence-electron chi connectivity index (χ1n) is 11.2. The van der Waals surface area contributed by atoms with E-state index in [-0.39, 0.29) is 11.9 Å². The Labute approximate surface area is 192 Å². The van der Waals surface area contributed by atoms with Gasteiger partial charge in [-0.3, -0.25) is 0 Å². The monoisotopic (exact) mass is 449 g/mol. The Morgan fingerprint density at radius 1 is 0.970 bits per heavy atom. The molecule has 0 spiro atoms. The summed E-state index contributed by atoms with van der Waals surface area (Å²) in [6.07, 6.45) is 0. The van der Waals surface area contributed by atoms with E-state index in [9.17, 15) is 4.79 Å². The molecule has 33 heavy (non-hydrogen) atoms. The van der Waals surface area contributed by atoms with Gasteiger partial charge in [0.1, 0.15) is 13.2 Å². The molecule has 2 aromatic carbocycles. The zero-order valence-electron chi connectivity index (χ0n) is 18.8. The van der Waals surface area contributed by atoms with Gasteiger partial charge in [-0.2, -0.15) is 4.98 Å². The molecule has 2 aliphatic rings. The molecule has 9 heteroatoms. The number of anilines is 2. The minimum absolute atomic E-state index is 0.111. The van der Waals surface area contributed by atoms with E-state index in [1.54, 1.807) is 6.07 Å². The fraction of sp³-hybridized carbons (Fsp3) is 0.375. The Balaban J connectivity index is 1.16. The van der Waals surface area contributed by atoms with Crippen molar-refractivity contribution >= 4 is 17.4 Å². The smallest absolute Gasteiger partial charge is 0.321 e. The number of hydrogen-bond donors (Lipinski definition) is 1. The predicted octanol–water partition coefficient (Wildman–Crippen LogP) is 3.99. The lowest BCUT2D eigenvalue weighted by molar-refractivity contribution is 0.171. The maximum atomic E-state index is 12.7. The molecule has 0 atom stereocenters. The van der Waals surface area contributed by atoms with Crippen molar-refractivity contribution in [3.05, 3.63) is 48.4 Å². The Kier molecular flexibility index (Phi) is 5.77. The molecule has 1 fully saturated rings. The van der Waals surface area contributed by atoms with E-state index in [0.717, 1.165) is 24.3 Å². The second-order valence-electron chi connectivity index (χ2n) is 8.42. The van der Waals surface area contributed by atoms with Gasteiger partial charge in [0.25, 0.3) is 0 Å². The number of piperazine rings is 1. The number of hydrogen-bond acceptors (Lipinski definition) is 7. The van der Waals surface area contributed by atoms with Gasteiger partial charge in [0.15, 0.2) is 11.5 Å². The highest BCUT2D eigenvalue weighted by Gasteiger charge is 2.22. The molecule has 2 amide bonds. The van der Waals surface area contributed by atoms with E-state index in [1.165, 1.54) is 0 Å². The fourth-order valence-corrected chi connectivity index (χ4v) is 3.90. The van der Waals surface area contributed by atoms with Gasteiger partial charge >= 0.3 is 6.03 Å². The number of urea groups is 1. The van der Waals surface area contributed by atoms with Crippen molar-refractivity contribution in [3.63, 3.8) is 0 Å². The number of ether oxygens (including phenoxy) is 2. The Morgan fingerprint density at radius 3 is 2.39 bits per heavy atom. The molecular formula is C24H27N5O4. The standard InChI is InChI=1S/C24H27N5O4/c1-16(2)23-26-22(27-33-23)17-3-6-19(7-4-17)28-9-11-29(12-10-28)24(30)25-18-5-8-20-21(15-18)32-14-13-31-20/h3-8,15-16H,9-14H2,1-2H3,(H,25,30). The van der Waals surface area contributed by atoms with Crippen molar-refractivity contribution in [2.24, 2.45) is 0 Å². The Morgan fingerprint density at radius 2 is 1.70 bits per heavy atom. The van der Waals surface area contributed by atoms with Gasteiger partial charge in [-0.25, -0.2) is 4.79 Å². The van der Waals surface area contributed by atoms with Crippen LogP contribution in [0.5, 0.6) is 11.5 Å². The first-order valence-corrected chi connectivity index (χ1v) is 11.2. The van der Waals surface area contributed by atoms with Crippen molar-refractivity contribution in [1.82, 2.24) is 15.0 Å². The molecular weight excluding hydrogens is 422 g/mol. The van der Waals surface area contributed by atoms with Gasteiger partial charge in [-0.15, -0.1) is 0 Å². The second kappa shape index (κ2) is 9.01. The number of carbonyl (C=O) groups is 1. The van der Waals surface area contributed by atoms with Crippen molar-refractivity contribution in [3.8, 4) is 22.9 Å². The van der Waals surface area contributed by atoms with Crippen LogP contribution >= 0.6 is 0 Å². The van der Waals surface area contributed by atoms with Gasteiger partial charge in [0, 0.05) is 55.1 Å². The first-order chi connectivity index (χ1) is 16.1. The van der Waals surface area contributed by atoms with Crippen LogP contribution in [0.1, 0.15) is 25.7 Å². The van der Waals surface area contributed by atoms with E-state index < -0.39 is 0 Å². The number of carbonyl (C=O) groups excluding carboxylic acids is 1. The average Bonchev–Trinajstić information content (AvgIpc) is 3.35. The van der Waals surface area contributed by atoms with Crippen molar-refractivity contribution in [1.29, 1.82) is 0 Å². The summed E-state index contributed by atoms with van der Waals surface area (Å²) in [4.78, 5) is 21.3. The summed E-state index contributed by atoms with van der Waals surface area (Å²) in [6, 6.07) is 13.5. The molecule has 3 aromatic rings. The van der Waals surface area contributed by atoms with Crippen LogP contribution in [0, 0.1) is 0 Å². The molecule has 0 aliphatic carbocycles. The van der Waals surface area contributed by atoms with Crippen LogP contribution < -0.4 is 19.7 Å². The maximum absolute atomic E-state index is 12.7. The average molecular weight is 450 g/mol. The lowest BCUT2D eigenvalue weighted by atomic mass is 10.1. The van der Waals surface area contributed by atoms with Crippen LogP contribution in [0.4, 0.5) is 16.2 Å². The molecule has 172 valence electrons. The molecule has 0 radical (unpaired) electrons. The highest BCUT2D eigenvalue weighted by molar-refractivity contribution is 5.90. The highest BCUT2D eigenvalue weighted by atomic mass is 16.6. The third kappa shape index (κ3) is 4.57. The molecule has 5 rings (SSSR count). The molecule has 9 nitrogen and oxygen atoms in total. The summed E-state index contributed by atoms with van der Waals surface area (Å²) in [7, 11) is 0. The van der Waals surface area contributed by atoms with E-state index in [4.69, 9.17) is 14.0 Å². The number of aromatic nitrogens is 2. The minimum atomic E-state index is -0.111. The van der Waals surface area contributed by atoms with Gasteiger partial charge in [0.2, 0.25) is 11.7 Å². The lowest BCUT2D eigenvalue weighted by Crippen LogP contribution is -2.50. The van der Waals surface area contributed by atoms with Gasteiger partial charge in [-0.05, 0) is 36.4 Å². The molecule has 3 heterocycles. The predicted molar refractivity (Wildman–Crippen MR) is 124 cm³/mol. The van der Waals surface area contributed by atoms with Gasteiger partial charge < -0.3 is 29.1 Å². The maximum Gasteiger partial charge on any atom is 0.321 e. The molecule has 0 saturated carbocycles. The summed E-state index contributed by atoms with van der Waals surface area (Å²) in [5, 5.41) is 7.03. The van der Waals surface area contributed by atoms with Crippen LogP contribution in [0.25, 0.3) is 11.4 Å².